The van der Waals surface area contributed by atoms with Crippen LogP contribution in [-0.2, 0) is 30.8 Å². The van der Waals surface area contributed by atoms with E-state index in [1.54, 1.807) is 0 Å². The molecule has 2 aromatic carbocycles. The van der Waals surface area contributed by atoms with Gasteiger partial charge >= 0.3 is 30.1 Å². The molecule has 0 saturated heterocycles. The Bertz CT molecular complexity index is 528. The van der Waals surface area contributed by atoms with Crippen LogP contribution in [0.5, 0.6) is 0 Å². The van der Waals surface area contributed by atoms with Crippen LogP contribution in [0.4, 0.5) is 0 Å². The van der Waals surface area contributed by atoms with Crippen molar-refractivity contribution in [3.8, 4) is 0 Å². The molecule has 23 heavy (non-hydrogen) atoms. The van der Waals surface area contributed by atoms with Crippen molar-refractivity contribution in [2.75, 3.05) is 0 Å². The van der Waals surface area contributed by atoms with Gasteiger partial charge in [0.1, 0.15) is 0 Å². The van der Waals surface area contributed by atoms with Crippen LogP contribution >= 0.6 is 33.2 Å². The summed E-state index contributed by atoms with van der Waals surface area (Å²) in [5.74, 6) is 0. The molecule has 0 unspecified atom stereocenters. The van der Waals surface area contributed by atoms with E-state index in [4.69, 9.17) is 9.13 Å². The maximum atomic E-state index is 8.40. The van der Waals surface area contributed by atoms with Crippen LogP contribution < -0.4 is 0 Å². The first-order chi connectivity index (χ1) is 9.79. The maximum absolute atomic E-state index is 8.40. The molecule has 0 amide bonds. The third-order valence-electron chi connectivity index (χ3n) is 2.13. The minimum Gasteiger partial charge on any atom is -0.273 e. The molecule has 0 aromatic heterocycles. The zero-order chi connectivity index (χ0) is 15.1. The molecule has 0 fully saturated rings. The van der Waals surface area contributed by atoms with Gasteiger partial charge in [-0.15, -0.1) is 60.9 Å². The largest absolute Gasteiger partial charge is 2.00 e. The van der Waals surface area contributed by atoms with Crippen molar-refractivity contribution in [1.82, 2.24) is 0 Å². The van der Waals surface area contributed by atoms with Gasteiger partial charge in [-0.1, -0.05) is 19.2 Å². The molecule has 0 heterocycles. The molecule has 0 N–H and O–H groups in total. The Morgan fingerprint density at radius 1 is 1.13 bits per heavy atom. The van der Waals surface area contributed by atoms with Crippen LogP contribution in [0.2, 0.25) is 13.1 Å². The Hall–Kier alpha value is -0.279. The van der Waals surface area contributed by atoms with Crippen molar-refractivity contribution in [1.29, 1.82) is 0 Å². The number of fused-ring (bicyclic) bond motifs is 1. The van der Waals surface area contributed by atoms with Crippen LogP contribution in [-0.4, -0.2) is 9.52 Å². The number of halogens is 2. The van der Waals surface area contributed by atoms with Crippen LogP contribution in [0.1, 0.15) is 6.42 Å². The van der Waals surface area contributed by atoms with Gasteiger partial charge in [-0.3, -0.25) is 6.08 Å². The molecule has 3 rings (SSSR count). The predicted molar refractivity (Wildman–Crippen MR) is 103 cm³/mol. The van der Waals surface area contributed by atoms with Crippen molar-refractivity contribution < 1.29 is 30.8 Å². The molecule has 0 spiro atoms. The van der Waals surface area contributed by atoms with E-state index >= 15 is 0 Å². The monoisotopic (exact) mass is 422 g/mol. The van der Waals surface area contributed by atoms with Crippen LogP contribution in [0, 0.1) is 6.08 Å². The van der Waals surface area contributed by atoms with Gasteiger partial charge in [-0.25, -0.2) is 21.3 Å². The van der Waals surface area contributed by atoms with Gasteiger partial charge in [0.2, 0.25) is 0 Å². The van der Waals surface area contributed by atoms with Gasteiger partial charge in [0, 0.05) is 9.52 Å². The third-order valence-corrected chi connectivity index (χ3v) is 2.13. The van der Waals surface area contributed by atoms with Crippen LogP contribution in [0.15, 0.2) is 60.7 Å². The Kier molecular flexibility index (Phi) is 31.9. The van der Waals surface area contributed by atoms with Gasteiger partial charge in [0.25, 0.3) is 0 Å². The number of benzene rings is 1. The molecule has 2 nitrogen and oxygen atoms in total. The van der Waals surface area contributed by atoms with Crippen molar-refractivity contribution in [2.45, 2.75) is 19.5 Å². The molecular formula is C16H21Cl2O2PSiTi. The summed E-state index contributed by atoms with van der Waals surface area (Å²) < 4.78 is 16.8. The summed E-state index contributed by atoms with van der Waals surface area (Å²) in [5.41, 5.74) is 0. The van der Waals surface area contributed by atoms with E-state index in [9.17, 15) is 0 Å². The molecule has 2 radical (unpaired) electrons. The Labute approximate surface area is 170 Å². The summed E-state index contributed by atoms with van der Waals surface area (Å²) in [6.45, 7) is 4.31. The van der Waals surface area contributed by atoms with Gasteiger partial charge in [0.15, 0.2) is 0 Å². The van der Waals surface area contributed by atoms with Gasteiger partial charge in [-0.05, 0) is 0 Å². The number of hydrogen-bond donors (Lipinski definition) is 0. The zero-order valence-electron chi connectivity index (χ0n) is 13.1. The van der Waals surface area contributed by atoms with Crippen molar-refractivity contribution in [3.63, 3.8) is 0 Å². The minimum atomic E-state index is -1.42. The fraction of sp³-hybridized carbons (Fsp3) is 0.188. The van der Waals surface area contributed by atoms with E-state index in [-0.39, 0.29) is 46.5 Å². The molecular weight excluding hydrogens is 402 g/mol. The molecule has 7 heteroatoms. The molecule has 0 bridgehead atoms. The molecule has 0 saturated carbocycles. The first-order valence-electron chi connectivity index (χ1n) is 6.20. The summed E-state index contributed by atoms with van der Waals surface area (Å²) >= 11 is 0. The average molecular weight is 423 g/mol. The second-order valence-electron chi connectivity index (χ2n) is 3.74. The van der Waals surface area contributed by atoms with Crippen molar-refractivity contribution in [3.05, 3.63) is 66.8 Å². The maximum Gasteiger partial charge on any atom is 2.00 e. The summed E-state index contributed by atoms with van der Waals surface area (Å²) in [6.07, 6.45) is 10.0. The smallest absolute Gasteiger partial charge is 0.273 e. The Morgan fingerprint density at radius 3 is 2.09 bits per heavy atom. The van der Waals surface area contributed by atoms with E-state index in [0.717, 1.165) is 15.9 Å². The van der Waals surface area contributed by atoms with E-state index in [2.05, 4.69) is 67.7 Å². The van der Waals surface area contributed by atoms with Crippen molar-refractivity contribution >= 4 is 53.4 Å². The van der Waals surface area contributed by atoms with E-state index in [1.807, 2.05) is 12.2 Å². The average Bonchev–Trinajstić information content (AvgIpc) is 3.15. The number of rotatable bonds is 0. The topological polar surface area (TPSA) is 34.1 Å². The standard InChI is InChI=1S/C9H7.C5H5.C2H6Si.2ClH.HO2P.Ti/c1-2-5-9-7-3-6-8(9)4-1;1-2-4-5-3-1;1-3-2;;;1-3-2;/h1-7H;1-3H,4H2;1-2H3;2*1H;3H;/q2*-1;;;;;+2. The van der Waals surface area contributed by atoms with E-state index in [1.165, 1.54) is 10.8 Å². The summed E-state index contributed by atoms with van der Waals surface area (Å²) in [4.78, 5) is 0. The van der Waals surface area contributed by atoms with Crippen LogP contribution in [0.25, 0.3) is 10.8 Å². The van der Waals surface area contributed by atoms with Crippen LogP contribution in [0.3, 0.4) is 0 Å². The van der Waals surface area contributed by atoms with Gasteiger partial charge in [0.05, 0.1) is 0 Å². The number of allylic oxidation sites excluding steroid dienone is 4. The second kappa shape index (κ2) is 24.0. The van der Waals surface area contributed by atoms with Gasteiger partial charge < -0.3 is 0 Å². The minimum absolute atomic E-state index is 0. The second-order valence-corrected chi connectivity index (χ2v) is 4.91. The summed E-state index contributed by atoms with van der Waals surface area (Å²) in [5, 5.41) is 2.66. The Balaban J connectivity index is -0.000000113. The zero-order valence-corrected chi connectivity index (χ0v) is 18.3. The molecule has 124 valence electrons. The van der Waals surface area contributed by atoms with E-state index in [0.29, 0.717) is 0 Å². The fourth-order valence-electron chi connectivity index (χ4n) is 1.41. The number of hydrogen-bond acceptors (Lipinski definition) is 2. The summed E-state index contributed by atoms with van der Waals surface area (Å²) in [7, 11) is -0.333. The third kappa shape index (κ3) is 17.9. The fourth-order valence-corrected chi connectivity index (χ4v) is 1.41. The molecule has 0 atom stereocenters. The first kappa shape index (κ1) is 30.6. The quantitative estimate of drug-likeness (QED) is 0.303. The Morgan fingerprint density at radius 2 is 1.70 bits per heavy atom. The van der Waals surface area contributed by atoms with Crippen molar-refractivity contribution in [2.24, 2.45) is 0 Å². The SMILES string of the molecule is C[Si]C.Cl.Cl.O=[PH]=O.[C-]1=CC=CC1.[Ti+2].c1ccc2[cH-]ccc2c1. The molecule has 0 aliphatic heterocycles. The normalized spacial score (nSPS) is 9.13. The molecule has 1 aliphatic rings. The molecule has 2 aromatic rings. The first-order valence-corrected chi connectivity index (χ1v) is 9.01. The molecule has 1 aliphatic carbocycles. The van der Waals surface area contributed by atoms with E-state index < -0.39 is 8.34 Å². The van der Waals surface area contributed by atoms with Gasteiger partial charge in [-0.2, -0.15) is 23.6 Å². The summed E-state index contributed by atoms with van der Waals surface area (Å²) in [6, 6.07) is 14.7. The predicted octanol–water partition coefficient (Wildman–Crippen LogP) is 5.85.